The van der Waals surface area contributed by atoms with E-state index in [-0.39, 0.29) is 24.5 Å². The zero-order valence-electron chi connectivity index (χ0n) is 13.2. The van der Waals surface area contributed by atoms with E-state index in [9.17, 15) is 9.59 Å². The number of Topliss-reactive ketones (excluding diaryl/α,β-unsaturated/α-hetero) is 1. The van der Waals surface area contributed by atoms with Crippen LogP contribution in [0.5, 0.6) is 0 Å². The number of ketones is 1. The number of rotatable bonds is 7. The first-order valence-corrected chi connectivity index (χ1v) is 8.78. The third-order valence-corrected chi connectivity index (χ3v) is 4.72. The van der Waals surface area contributed by atoms with Gasteiger partial charge in [0, 0.05) is 31.0 Å². The van der Waals surface area contributed by atoms with Gasteiger partial charge in [-0.15, -0.1) is 11.3 Å². The first-order chi connectivity index (χ1) is 11.7. The molecule has 0 saturated heterocycles. The molecule has 0 atom stereocenters. The highest BCUT2D eigenvalue weighted by Gasteiger charge is 2.10. The SMILES string of the molecule is O=C(CCC(=O)c1cccs1)NCCc1cccc2cccnc12. The second kappa shape index (κ2) is 7.84. The Kier molecular flexibility index (Phi) is 5.33. The monoisotopic (exact) mass is 338 g/mol. The first-order valence-electron chi connectivity index (χ1n) is 7.90. The van der Waals surface area contributed by atoms with Gasteiger partial charge in [-0.05, 0) is 29.5 Å². The Hall–Kier alpha value is -2.53. The molecule has 4 nitrogen and oxygen atoms in total. The van der Waals surface area contributed by atoms with E-state index in [2.05, 4.69) is 10.3 Å². The van der Waals surface area contributed by atoms with E-state index in [4.69, 9.17) is 0 Å². The highest BCUT2D eigenvalue weighted by Crippen LogP contribution is 2.16. The van der Waals surface area contributed by atoms with Crippen molar-refractivity contribution in [2.45, 2.75) is 19.3 Å². The second-order valence-corrected chi connectivity index (χ2v) is 6.44. The van der Waals surface area contributed by atoms with Gasteiger partial charge in [0.15, 0.2) is 5.78 Å². The first kappa shape index (κ1) is 16.3. The molecule has 5 heteroatoms. The van der Waals surface area contributed by atoms with Crippen LogP contribution >= 0.6 is 11.3 Å². The maximum absolute atomic E-state index is 11.9. The highest BCUT2D eigenvalue weighted by atomic mass is 32.1. The van der Waals surface area contributed by atoms with Gasteiger partial charge in [0.1, 0.15) is 0 Å². The summed E-state index contributed by atoms with van der Waals surface area (Å²) in [5.74, 6) is -0.0634. The Morgan fingerprint density at radius 3 is 2.75 bits per heavy atom. The average molecular weight is 338 g/mol. The minimum Gasteiger partial charge on any atom is -0.356 e. The quantitative estimate of drug-likeness (QED) is 0.669. The number of nitrogens with zero attached hydrogens (tertiary/aromatic N) is 1. The molecule has 0 radical (unpaired) electrons. The van der Waals surface area contributed by atoms with Crippen molar-refractivity contribution < 1.29 is 9.59 Å². The fourth-order valence-electron chi connectivity index (χ4n) is 2.58. The lowest BCUT2D eigenvalue weighted by atomic mass is 10.1. The zero-order valence-corrected chi connectivity index (χ0v) is 14.0. The smallest absolute Gasteiger partial charge is 0.220 e. The third kappa shape index (κ3) is 4.06. The predicted molar refractivity (Wildman–Crippen MR) is 96.3 cm³/mol. The van der Waals surface area contributed by atoms with Gasteiger partial charge in [-0.3, -0.25) is 14.6 Å². The van der Waals surface area contributed by atoms with E-state index in [0.717, 1.165) is 22.9 Å². The number of pyridine rings is 1. The van der Waals surface area contributed by atoms with Crippen molar-refractivity contribution >= 4 is 33.9 Å². The van der Waals surface area contributed by atoms with Crippen molar-refractivity contribution in [3.63, 3.8) is 0 Å². The summed E-state index contributed by atoms with van der Waals surface area (Å²) >= 11 is 1.41. The van der Waals surface area contributed by atoms with Gasteiger partial charge in [-0.1, -0.05) is 30.3 Å². The van der Waals surface area contributed by atoms with Gasteiger partial charge in [0.05, 0.1) is 10.4 Å². The van der Waals surface area contributed by atoms with Crippen LogP contribution in [0.4, 0.5) is 0 Å². The molecule has 0 unspecified atom stereocenters. The van der Waals surface area contributed by atoms with Crippen LogP contribution in [-0.2, 0) is 11.2 Å². The number of hydrogen-bond donors (Lipinski definition) is 1. The molecule has 0 bridgehead atoms. The number of fused-ring (bicyclic) bond motifs is 1. The summed E-state index contributed by atoms with van der Waals surface area (Å²) in [6.45, 7) is 0.543. The summed E-state index contributed by atoms with van der Waals surface area (Å²) in [5, 5.41) is 5.85. The third-order valence-electron chi connectivity index (χ3n) is 3.81. The number of hydrogen-bond acceptors (Lipinski definition) is 4. The largest absolute Gasteiger partial charge is 0.356 e. The molecule has 0 aliphatic rings. The van der Waals surface area contributed by atoms with Crippen molar-refractivity contribution in [1.82, 2.24) is 10.3 Å². The molecule has 0 aliphatic heterocycles. The number of benzene rings is 1. The molecule has 3 rings (SSSR count). The molecule has 1 amide bonds. The van der Waals surface area contributed by atoms with Gasteiger partial charge in [-0.2, -0.15) is 0 Å². The van der Waals surface area contributed by atoms with Crippen LogP contribution < -0.4 is 5.32 Å². The number of aromatic nitrogens is 1. The molecule has 0 fully saturated rings. The van der Waals surface area contributed by atoms with Crippen molar-refractivity contribution in [3.05, 3.63) is 64.5 Å². The van der Waals surface area contributed by atoms with Gasteiger partial charge < -0.3 is 5.32 Å². The van der Waals surface area contributed by atoms with Crippen molar-refractivity contribution in [2.75, 3.05) is 6.54 Å². The fourth-order valence-corrected chi connectivity index (χ4v) is 3.28. The van der Waals surface area contributed by atoms with Gasteiger partial charge in [-0.25, -0.2) is 0 Å². The van der Waals surface area contributed by atoms with Gasteiger partial charge in [0.25, 0.3) is 0 Å². The van der Waals surface area contributed by atoms with Crippen molar-refractivity contribution in [3.8, 4) is 0 Å². The van der Waals surface area contributed by atoms with Crippen LogP contribution in [0.1, 0.15) is 28.1 Å². The summed E-state index contributed by atoms with van der Waals surface area (Å²) in [6.07, 6.45) is 2.98. The Labute approximate surface area is 144 Å². The predicted octanol–water partition coefficient (Wildman–Crippen LogP) is 3.62. The highest BCUT2D eigenvalue weighted by molar-refractivity contribution is 7.12. The molecule has 2 heterocycles. The Morgan fingerprint density at radius 2 is 1.92 bits per heavy atom. The van der Waals surface area contributed by atoms with Crippen LogP contribution in [0.15, 0.2) is 54.0 Å². The van der Waals surface area contributed by atoms with Crippen LogP contribution in [0.25, 0.3) is 10.9 Å². The van der Waals surface area contributed by atoms with Crippen LogP contribution in [0.2, 0.25) is 0 Å². The van der Waals surface area contributed by atoms with E-state index < -0.39 is 0 Å². The summed E-state index contributed by atoms with van der Waals surface area (Å²) in [5.41, 5.74) is 2.09. The Bertz CT molecular complexity index is 838. The minimum atomic E-state index is -0.0897. The number of carbonyl (C=O) groups excluding carboxylic acids is 2. The average Bonchev–Trinajstić information content (AvgIpc) is 3.14. The molecule has 3 aromatic rings. The van der Waals surface area contributed by atoms with E-state index >= 15 is 0 Å². The lowest BCUT2D eigenvalue weighted by molar-refractivity contribution is -0.121. The van der Waals surface area contributed by atoms with E-state index in [0.29, 0.717) is 11.4 Å². The van der Waals surface area contributed by atoms with Crippen molar-refractivity contribution in [2.24, 2.45) is 0 Å². The molecule has 122 valence electrons. The van der Waals surface area contributed by atoms with Crippen LogP contribution in [0.3, 0.4) is 0 Å². The van der Waals surface area contributed by atoms with E-state index in [1.165, 1.54) is 11.3 Å². The lowest BCUT2D eigenvalue weighted by Gasteiger charge is -2.07. The molecule has 1 aromatic carbocycles. The fraction of sp³-hybridized carbons (Fsp3) is 0.211. The van der Waals surface area contributed by atoms with Gasteiger partial charge >= 0.3 is 0 Å². The van der Waals surface area contributed by atoms with E-state index in [1.807, 2.05) is 41.8 Å². The van der Waals surface area contributed by atoms with Crippen LogP contribution in [0, 0.1) is 0 Å². The second-order valence-electron chi connectivity index (χ2n) is 5.49. The molecular formula is C19H18N2O2S. The van der Waals surface area contributed by atoms with Crippen molar-refractivity contribution in [1.29, 1.82) is 0 Å². The van der Waals surface area contributed by atoms with E-state index in [1.54, 1.807) is 12.3 Å². The summed E-state index contributed by atoms with van der Waals surface area (Å²) in [6, 6.07) is 13.6. The molecule has 1 N–H and O–H groups in total. The normalized spacial score (nSPS) is 10.7. The molecule has 24 heavy (non-hydrogen) atoms. The number of amides is 1. The van der Waals surface area contributed by atoms with Crippen LogP contribution in [-0.4, -0.2) is 23.2 Å². The number of nitrogens with one attached hydrogen (secondary N) is 1. The number of thiophene rings is 1. The number of carbonyl (C=O) groups is 2. The molecule has 2 aromatic heterocycles. The Morgan fingerprint density at radius 1 is 1.04 bits per heavy atom. The standard InChI is InChI=1S/C19H18N2O2S/c22-16(17-7-3-13-24-17)8-9-18(23)20-12-10-15-5-1-4-14-6-2-11-21-19(14)15/h1-7,11,13H,8-10,12H2,(H,20,23). The summed E-state index contributed by atoms with van der Waals surface area (Å²) in [4.78, 5) is 28.9. The summed E-state index contributed by atoms with van der Waals surface area (Å²) < 4.78 is 0. The zero-order chi connectivity index (χ0) is 16.8. The maximum atomic E-state index is 11.9. The molecule has 0 aliphatic carbocycles. The number of para-hydroxylation sites is 1. The molecular weight excluding hydrogens is 320 g/mol. The maximum Gasteiger partial charge on any atom is 0.220 e. The molecule has 0 saturated carbocycles. The molecule has 0 spiro atoms. The Balaban J connectivity index is 1.47. The summed E-state index contributed by atoms with van der Waals surface area (Å²) in [7, 11) is 0. The lowest BCUT2D eigenvalue weighted by Crippen LogP contribution is -2.26. The topological polar surface area (TPSA) is 59.1 Å². The minimum absolute atomic E-state index is 0.0263. The van der Waals surface area contributed by atoms with Gasteiger partial charge in [0.2, 0.25) is 5.91 Å².